The molecular weight excluding hydrogens is 1560 g/mol. The molecule has 2 amide bonds. The molecule has 8 aliphatic rings. The van der Waals surface area contributed by atoms with E-state index in [9.17, 15) is 14.4 Å². The minimum Gasteiger partial charge on any atom is -0.472 e. The van der Waals surface area contributed by atoms with E-state index in [4.69, 9.17) is 28.8 Å². The van der Waals surface area contributed by atoms with Crippen LogP contribution < -0.4 is 58.5 Å². The van der Waals surface area contributed by atoms with Crippen LogP contribution in [0.15, 0.2) is 146 Å². The second-order valence-electron chi connectivity index (χ2n) is 32.5. The summed E-state index contributed by atoms with van der Waals surface area (Å²) in [5.41, 5.74) is 19.3. The van der Waals surface area contributed by atoms with E-state index in [1.165, 1.54) is 46.5 Å². The summed E-state index contributed by atoms with van der Waals surface area (Å²) in [5, 5.41) is 26.0. The van der Waals surface area contributed by atoms with Gasteiger partial charge in [-0.3, -0.25) is 24.4 Å². The molecule has 3 aromatic rings. The number of aryl methyl sites for hydroxylation is 3. The lowest BCUT2D eigenvalue weighted by molar-refractivity contribution is -0.124. The van der Waals surface area contributed by atoms with Gasteiger partial charge in [0, 0.05) is 142 Å². The number of aliphatic imine (C=N–C) groups is 6. The van der Waals surface area contributed by atoms with Crippen LogP contribution in [-0.4, -0.2) is 114 Å². The Morgan fingerprint density at radius 3 is 1.30 bits per heavy atom. The summed E-state index contributed by atoms with van der Waals surface area (Å²) >= 11 is 4.80. The van der Waals surface area contributed by atoms with Gasteiger partial charge in [-0.05, 0) is 100.0 Å². The number of rotatable bonds is 14. The van der Waals surface area contributed by atoms with Crippen LogP contribution in [0.3, 0.4) is 0 Å². The molecule has 0 bridgehead atoms. The third-order valence-corrected chi connectivity index (χ3v) is 18.9. The summed E-state index contributed by atoms with van der Waals surface area (Å²) in [7, 11) is 3.28. The second kappa shape index (κ2) is 63.2. The van der Waals surface area contributed by atoms with Crippen LogP contribution in [0.5, 0.6) is 0 Å². The Kier molecular flexibility index (Phi) is 60.7. The van der Waals surface area contributed by atoms with Gasteiger partial charge in [0.15, 0.2) is 11.3 Å². The Hall–Kier alpha value is -8.81. The Morgan fingerprint density at radius 1 is 0.588 bits per heavy atom. The van der Waals surface area contributed by atoms with E-state index in [1.807, 2.05) is 116 Å². The van der Waals surface area contributed by atoms with Crippen LogP contribution in [0, 0.1) is 97.2 Å². The fourth-order valence-corrected chi connectivity index (χ4v) is 10.7. The maximum Gasteiger partial charge on any atom is 0.240 e. The van der Waals surface area contributed by atoms with Crippen LogP contribution in [0.1, 0.15) is 259 Å². The molecule has 674 valence electrons. The van der Waals surface area contributed by atoms with Gasteiger partial charge >= 0.3 is 0 Å². The molecule has 28 nitrogen and oxygen atoms in total. The molecule has 3 aromatic heterocycles. The summed E-state index contributed by atoms with van der Waals surface area (Å²) < 4.78 is 26.7. The zero-order valence-corrected chi connectivity index (χ0v) is 81.6. The first-order valence-corrected chi connectivity index (χ1v) is 43.7. The van der Waals surface area contributed by atoms with Gasteiger partial charge in [-0.2, -0.15) is 14.4 Å². The minimum atomic E-state index is 0.0972. The van der Waals surface area contributed by atoms with Crippen molar-refractivity contribution in [2.75, 3.05) is 46.3 Å². The number of hydrazine groups is 1. The summed E-state index contributed by atoms with van der Waals surface area (Å²) in [6.45, 7) is 88.6. The first kappa shape index (κ1) is 114. The number of allylic oxidation sites excluding steroid dienone is 1. The number of amides is 2. The lowest BCUT2D eigenvalue weighted by Gasteiger charge is -2.07. The third-order valence-electron chi connectivity index (χ3n) is 16.1. The van der Waals surface area contributed by atoms with Crippen molar-refractivity contribution in [1.82, 2.24) is 62.6 Å². The maximum atomic E-state index is 11.4. The molecule has 1 atom stereocenters. The highest BCUT2D eigenvalue weighted by Crippen LogP contribution is 2.25. The first-order chi connectivity index (χ1) is 55.3. The van der Waals surface area contributed by atoms with Gasteiger partial charge < -0.3 is 65.5 Å². The number of carbonyl (C=O) groups excluding carboxylic acids is 2. The lowest BCUT2D eigenvalue weighted by Crippen LogP contribution is -2.32. The van der Waals surface area contributed by atoms with Crippen molar-refractivity contribution < 1.29 is 32.9 Å². The molecule has 11 N–H and O–H groups in total. The van der Waals surface area contributed by atoms with Crippen molar-refractivity contribution in [3.8, 4) is 0 Å². The van der Waals surface area contributed by atoms with Crippen LogP contribution in [0.4, 0.5) is 0 Å². The third kappa shape index (κ3) is 54.2. The van der Waals surface area contributed by atoms with E-state index in [1.54, 1.807) is 44.5 Å². The van der Waals surface area contributed by atoms with Gasteiger partial charge in [0.2, 0.25) is 23.6 Å². The van der Waals surface area contributed by atoms with Crippen molar-refractivity contribution in [1.29, 1.82) is 5.41 Å². The molecule has 0 spiro atoms. The number of nitrogens with one attached hydrogen (secondary N) is 11. The number of aromatic nitrogens is 2. The molecule has 0 radical (unpaired) electrons. The molecular formula is C88H156N20O8S3. The molecule has 0 fully saturated rings. The Morgan fingerprint density at radius 2 is 1.11 bits per heavy atom. The van der Waals surface area contributed by atoms with E-state index in [0.29, 0.717) is 95.6 Å². The first-order valence-electron chi connectivity index (χ1n) is 41.2. The van der Waals surface area contributed by atoms with Gasteiger partial charge in [-0.1, -0.05) is 226 Å². The van der Waals surface area contributed by atoms with Crippen molar-refractivity contribution >= 4 is 93.7 Å². The standard InChI is InChI=1S/C9H12O2.C7H12N2.2C7H11NO.C7H13NS.C7H11NS.2C6H10N2O.C6H10N2S.C6H12N2.C5H11N3.2C5H11NO.C5H11N/c1-6(2)8-5-11-4-7(3)9(8)10;2*1-5(2)7-8-4-6(3)9-7;1-5(2)7-4-6(3)8-9-7;1-5(2)7-6(3)4-9-8-7;1-5(2)7-4-6(3)8-9-7;3*1-4(2)6-7-5(3)9-8-6;1-5(2)6-3-7-4-8-6;1-4(2)5-6-3-7-8-5;2*1-4(2)5(7)6-3;1-4(2)5(3)6/h4-6H,1-3H3;5H,3-4H2,1-2H3,(H,8,9);5H,3-4H2,1-2H3;4-5H,1-3H3;5-6H,4H2,1-3H3;4-5H,1-3H3;3*4H,3H2,1-2H3,(H,7,8);3,5,7-8H,4H2,1-2H3;4,7H,3H2,1-2H3,(H,6,8);2*4H,1-3H3,(H,6,7);4,6H,1-3H3. The highest BCUT2D eigenvalue weighted by Gasteiger charge is 2.20. The van der Waals surface area contributed by atoms with Gasteiger partial charge in [0.25, 0.3) is 0 Å². The SMILES string of the molecule is C=C1CN=C(C(C)C)N1.C=C1CN=C(C(C)C)O1.C=C1N=C(C(C)C)NO1.C=C1N=C(C(C)C)NO1.C=C1N=C(C(C)C)NS1.CC(=N)C(C)C.CC(C)C1=CNCN1.CC(C)C1=NCNN1.CC(C)C1=NSCC1C.CNC(=O)C(C)C.CNC(=O)C(C)C.Cc1cc(C(C)C)on1.Cc1cc(C(C)C)sn1.Cc1cocc(C(C)C)c1=O. The summed E-state index contributed by atoms with van der Waals surface area (Å²) in [6, 6.07) is 4.11. The number of ether oxygens (including phenoxy) is 1. The van der Waals surface area contributed by atoms with Crippen molar-refractivity contribution in [3.05, 3.63) is 141 Å². The van der Waals surface area contributed by atoms with Crippen molar-refractivity contribution in [3.63, 3.8) is 0 Å². The molecule has 1 unspecified atom stereocenters. The normalized spacial score (nSPS) is 15.3. The minimum absolute atomic E-state index is 0.0972. The number of hydrogen-bond donors (Lipinski definition) is 11. The molecule has 11 rings (SSSR count). The van der Waals surface area contributed by atoms with Crippen LogP contribution in [0.25, 0.3) is 0 Å². The average Bonchev–Trinajstić information content (AvgIpc) is 1.77. The fourth-order valence-electron chi connectivity index (χ4n) is 8.32. The molecule has 0 saturated carbocycles. The summed E-state index contributed by atoms with van der Waals surface area (Å²) in [4.78, 5) is 67.7. The molecule has 0 saturated heterocycles. The quantitative estimate of drug-likeness (QED) is 0.0527. The fraction of sp³-hybridized carbons (Fsp3) is 0.625. The van der Waals surface area contributed by atoms with Gasteiger partial charge in [0.05, 0.1) is 37.1 Å². The highest BCUT2D eigenvalue weighted by atomic mass is 32.2. The number of hydrogen-bond acceptors (Lipinski definition) is 29. The Labute approximate surface area is 729 Å². The molecule has 11 heterocycles. The monoisotopic (exact) mass is 1720 g/mol. The van der Waals surface area contributed by atoms with E-state index in [-0.39, 0.29) is 35.0 Å². The van der Waals surface area contributed by atoms with Crippen molar-refractivity contribution in [2.24, 2.45) is 105 Å². The number of hydroxylamine groups is 2. The number of nitrogens with zero attached hydrogens (tertiary/aromatic N) is 9. The van der Waals surface area contributed by atoms with E-state index >= 15 is 0 Å². The molecule has 119 heavy (non-hydrogen) atoms. The van der Waals surface area contributed by atoms with Crippen LogP contribution >= 0.6 is 35.4 Å². The van der Waals surface area contributed by atoms with E-state index in [2.05, 4.69) is 254 Å². The van der Waals surface area contributed by atoms with Crippen molar-refractivity contribution in [2.45, 2.75) is 246 Å². The predicted molar refractivity (Wildman–Crippen MR) is 508 cm³/mol. The Bertz CT molecular complexity index is 3620. The zero-order valence-electron chi connectivity index (χ0n) is 79.1. The molecule has 31 heteroatoms. The van der Waals surface area contributed by atoms with Crippen LogP contribution in [-0.2, 0) is 24.0 Å². The topological polar surface area (TPSA) is 362 Å². The lowest BCUT2D eigenvalue weighted by atomic mass is 9.98. The summed E-state index contributed by atoms with van der Waals surface area (Å²) in [6.07, 6.45) is 5.04. The van der Waals surface area contributed by atoms with Gasteiger partial charge in [-0.25, -0.2) is 30.8 Å². The maximum absolute atomic E-state index is 11.4. The van der Waals surface area contributed by atoms with Crippen LogP contribution in [0.2, 0.25) is 0 Å². The number of amidine groups is 5. The number of carbonyl (C=O) groups is 2. The molecule has 0 aromatic carbocycles. The second-order valence-corrected chi connectivity index (χ2v) is 35.0. The smallest absolute Gasteiger partial charge is 0.240 e. The average molecular weight is 1720 g/mol. The Balaban J connectivity index is -0.00000122. The molecule has 0 aliphatic carbocycles. The predicted octanol–water partition coefficient (Wildman–Crippen LogP) is 18.9. The largest absolute Gasteiger partial charge is 0.472 e. The van der Waals surface area contributed by atoms with Gasteiger partial charge in [0.1, 0.15) is 58.9 Å². The van der Waals surface area contributed by atoms with Gasteiger partial charge in [-0.15, -0.1) is 0 Å². The summed E-state index contributed by atoms with van der Waals surface area (Å²) in [5.74, 6) is 16.3. The zero-order chi connectivity index (χ0) is 92.1. The van der Waals surface area contributed by atoms with E-state index in [0.717, 1.165) is 99.1 Å². The van der Waals surface area contributed by atoms with E-state index < -0.39 is 0 Å². The highest BCUT2D eigenvalue weighted by molar-refractivity contribution is 8.02. The molecule has 8 aliphatic heterocycles.